The number of likely N-dealkylation sites (tertiary alicyclic amines) is 1. The van der Waals surface area contributed by atoms with Crippen LogP contribution in [0.25, 0.3) is 0 Å². The van der Waals surface area contributed by atoms with Gasteiger partial charge in [0.15, 0.2) is 5.67 Å². The van der Waals surface area contributed by atoms with Crippen LogP contribution in [0, 0.1) is 12.7 Å². The fourth-order valence-electron chi connectivity index (χ4n) is 3.68. The molecule has 0 spiro atoms. The number of carbonyl (C=O) groups is 1. The molecule has 0 aliphatic carbocycles. The van der Waals surface area contributed by atoms with Gasteiger partial charge in [-0.3, -0.25) is 4.98 Å². The molecule has 1 aromatic heterocycles. The van der Waals surface area contributed by atoms with Crippen LogP contribution >= 0.6 is 0 Å². The third-order valence-electron chi connectivity index (χ3n) is 5.45. The number of halogens is 5. The highest BCUT2D eigenvalue weighted by molar-refractivity contribution is 5.89. The van der Waals surface area contributed by atoms with Gasteiger partial charge in [-0.15, -0.1) is 0 Å². The second kappa shape index (κ2) is 8.99. The molecule has 2 aromatic rings. The molecular formula is C21H22F5N3O3. The van der Waals surface area contributed by atoms with Crippen molar-refractivity contribution in [3.63, 3.8) is 0 Å². The SMILES string of the molecule is Cc1cc([C@H](O)CO)cnc1C1(F)CCN(C(=O)Nc2ccc(C(F)(F)F)c(F)c2)CC1. The van der Waals surface area contributed by atoms with Crippen molar-refractivity contribution in [2.45, 2.75) is 37.7 Å². The summed E-state index contributed by atoms with van der Waals surface area (Å²) in [5.74, 6) is -1.51. The number of pyridine rings is 1. The lowest BCUT2D eigenvalue weighted by Crippen LogP contribution is -2.45. The van der Waals surface area contributed by atoms with E-state index in [0.717, 1.165) is 6.07 Å². The second-order valence-corrected chi connectivity index (χ2v) is 7.71. The molecule has 2 amide bonds. The summed E-state index contributed by atoms with van der Waals surface area (Å²) in [5.41, 5.74) is -2.36. The van der Waals surface area contributed by atoms with Crippen LogP contribution in [0.3, 0.4) is 0 Å². The summed E-state index contributed by atoms with van der Waals surface area (Å²) >= 11 is 0. The molecule has 3 N–H and O–H groups in total. The van der Waals surface area contributed by atoms with E-state index < -0.39 is 42.0 Å². The van der Waals surface area contributed by atoms with Gasteiger partial charge in [-0.05, 0) is 36.8 Å². The average molecular weight is 459 g/mol. The molecule has 6 nitrogen and oxygen atoms in total. The Kier molecular flexibility index (Phi) is 6.70. The molecule has 1 aliphatic rings. The number of aromatic nitrogens is 1. The van der Waals surface area contributed by atoms with Crippen LogP contribution < -0.4 is 5.32 Å². The van der Waals surface area contributed by atoms with Crippen LogP contribution in [0.1, 0.15) is 41.3 Å². The van der Waals surface area contributed by atoms with E-state index in [1.165, 1.54) is 11.1 Å². The second-order valence-electron chi connectivity index (χ2n) is 7.71. The zero-order chi connectivity index (χ0) is 23.7. The molecule has 0 radical (unpaired) electrons. The number of piperidine rings is 1. The lowest BCUT2D eigenvalue weighted by molar-refractivity contribution is -0.139. The maximum Gasteiger partial charge on any atom is 0.419 e. The highest BCUT2D eigenvalue weighted by atomic mass is 19.4. The lowest BCUT2D eigenvalue weighted by Gasteiger charge is -2.36. The first-order valence-electron chi connectivity index (χ1n) is 9.82. The Balaban J connectivity index is 1.65. The van der Waals surface area contributed by atoms with E-state index in [-0.39, 0.29) is 37.3 Å². The first-order valence-corrected chi connectivity index (χ1v) is 9.82. The normalized spacial score (nSPS) is 17.2. The zero-order valence-electron chi connectivity index (χ0n) is 17.1. The van der Waals surface area contributed by atoms with Crippen LogP contribution in [0.4, 0.5) is 32.4 Å². The van der Waals surface area contributed by atoms with Crippen LogP contribution in [0.5, 0.6) is 0 Å². The summed E-state index contributed by atoms with van der Waals surface area (Å²) < 4.78 is 67.2. The Morgan fingerprint density at radius 3 is 2.47 bits per heavy atom. The van der Waals surface area contributed by atoms with Gasteiger partial charge in [-0.2, -0.15) is 13.2 Å². The molecule has 1 aliphatic heterocycles. The van der Waals surface area contributed by atoms with E-state index in [1.54, 1.807) is 13.0 Å². The molecular weight excluding hydrogens is 437 g/mol. The first-order chi connectivity index (χ1) is 14.9. The number of urea groups is 1. The van der Waals surface area contributed by atoms with Crippen LogP contribution in [-0.4, -0.2) is 45.8 Å². The van der Waals surface area contributed by atoms with E-state index in [0.29, 0.717) is 23.3 Å². The Morgan fingerprint density at radius 2 is 1.94 bits per heavy atom. The number of aliphatic hydroxyl groups is 2. The number of hydrogen-bond donors (Lipinski definition) is 3. The third-order valence-corrected chi connectivity index (χ3v) is 5.45. The molecule has 1 saturated heterocycles. The number of aliphatic hydroxyl groups excluding tert-OH is 2. The fourth-order valence-corrected chi connectivity index (χ4v) is 3.68. The van der Waals surface area contributed by atoms with Crippen molar-refractivity contribution in [1.82, 2.24) is 9.88 Å². The minimum absolute atomic E-state index is 0.00753. The Morgan fingerprint density at radius 1 is 1.28 bits per heavy atom. The summed E-state index contributed by atoms with van der Waals surface area (Å²) in [5, 5.41) is 21.1. The predicted octanol–water partition coefficient (Wildman–Crippen LogP) is 4.07. The van der Waals surface area contributed by atoms with Gasteiger partial charge in [0.1, 0.15) is 11.9 Å². The van der Waals surface area contributed by atoms with Crippen molar-refractivity contribution in [3.05, 3.63) is 58.7 Å². The number of aryl methyl sites for hydroxylation is 1. The summed E-state index contributed by atoms with van der Waals surface area (Å²) in [4.78, 5) is 17.8. The van der Waals surface area contributed by atoms with Crippen molar-refractivity contribution in [2.75, 3.05) is 25.0 Å². The number of alkyl halides is 4. The molecule has 1 fully saturated rings. The number of amides is 2. The van der Waals surface area contributed by atoms with Gasteiger partial charge in [0.25, 0.3) is 0 Å². The van der Waals surface area contributed by atoms with Crippen molar-refractivity contribution >= 4 is 11.7 Å². The van der Waals surface area contributed by atoms with E-state index in [9.17, 15) is 27.5 Å². The van der Waals surface area contributed by atoms with Gasteiger partial charge >= 0.3 is 12.2 Å². The number of rotatable bonds is 4. The van der Waals surface area contributed by atoms with Crippen molar-refractivity contribution < 1.29 is 37.0 Å². The quantitative estimate of drug-likeness (QED) is 0.602. The first kappa shape index (κ1) is 23.9. The molecule has 174 valence electrons. The van der Waals surface area contributed by atoms with E-state index >= 15 is 4.39 Å². The average Bonchev–Trinajstić information content (AvgIpc) is 2.72. The molecule has 1 aromatic carbocycles. The van der Waals surface area contributed by atoms with Crippen molar-refractivity contribution in [2.24, 2.45) is 0 Å². The standard InChI is InChI=1S/C21H22F5N3O3/c1-12-8-13(17(31)11-30)10-27-18(12)20(23)4-6-29(7-5-20)19(32)28-14-2-3-15(16(22)9-14)21(24,25)26/h2-3,8-10,17,30-31H,4-7,11H2,1H3,(H,28,32)/t17-/m1/s1. The maximum atomic E-state index is 15.6. The molecule has 32 heavy (non-hydrogen) atoms. The number of anilines is 1. The third kappa shape index (κ3) is 4.99. The molecule has 1 atom stereocenters. The summed E-state index contributed by atoms with van der Waals surface area (Å²) in [6.45, 7) is 1.16. The number of nitrogens with zero attached hydrogens (tertiary/aromatic N) is 2. The number of carbonyl (C=O) groups excluding carboxylic acids is 1. The van der Waals surface area contributed by atoms with Crippen LogP contribution in [-0.2, 0) is 11.8 Å². The van der Waals surface area contributed by atoms with Gasteiger partial charge < -0.3 is 20.4 Å². The largest absolute Gasteiger partial charge is 0.419 e. The highest BCUT2D eigenvalue weighted by Crippen LogP contribution is 2.38. The van der Waals surface area contributed by atoms with E-state index in [4.69, 9.17) is 5.11 Å². The number of hydrogen-bond acceptors (Lipinski definition) is 4. The molecule has 2 heterocycles. The molecule has 0 bridgehead atoms. The minimum atomic E-state index is -4.84. The van der Waals surface area contributed by atoms with Crippen molar-refractivity contribution in [1.29, 1.82) is 0 Å². The monoisotopic (exact) mass is 459 g/mol. The van der Waals surface area contributed by atoms with E-state index in [2.05, 4.69) is 10.3 Å². The molecule has 3 rings (SSSR count). The fraction of sp³-hybridized carbons (Fsp3) is 0.429. The van der Waals surface area contributed by atoms with Gasteiger partial charge in [-0.25, -0.2) is 13.6 Å². The Hall–Kier alpha value is -2.79. The molecule has 11 heteroatoms. The summed E-state index contributed by atoms with van der Waals surface area (Å²) in [6.07, 6.45) is -4.81. The minimum Gasteiger partial charge on any atom is -0.393 e. The van der Waals surface area contributed by atoms with Crippen molar-refractivity contribution in [3.8, 4) is 0 Å². The van der Waals surface area contributed by atoms with Gasteiger partial charge in [0.05, 0.1) is 17.9 Å². The Bertz CT molecular complexity index is 991. The summed E-state index contributed by atoms with van der Waals surface area (Å²) in [6, 6.07) is 2.93. The highest BCUT2D eigenvalue weighted by Gasteiger charge is 2.40. The Labute approximate surface area is 180 Å². The zero-order valence-corrected chi connectivity index (χ0v) is 17.1. The number of nitrogens with one attached hydrogen (secondary N) is 1. The van der Waals surface area contributed by atoms with E-state index in [1.807, 2.05) is 0 Å². The maximum absolute atomic E-state index is 15.6. The number of benzene rings is 1. The lowest BCUT2D eigenvalue weighted by atomic mass is 9.87. The molecule has 0 saturated carbocycles. The van der Waals surface area contributed by atoms with Crippen LogP contribution in [0.15, 0.2) is 30.5 Å². The predicted molar refractivity (Wildman–Crippen MR) is 105 cm³/mol. The van der Waals surface area contributed by atoms with Gasteiger partial charge in [-0.1, -0.05) is 0 Å². The topological polar surface area (TPSA) is 85.7 Å². The van der Waals surface area contributed by atoms with Crippen LogP contribution in [0.2, 0.25) is 0 Å². The smallest absolute Gasteiger partial charge is 0.393 e. The van der Waals surface area contributed by atoms with Gasteiger partial charge in [0.2, 0.25) is 0 Å². The van der Waals surface area contributed by atoms with Gasteiger partial charge in [0, 0.05) is 43.4 Å². The summed E-state index contributed by atoms with van der Waals surface area (Å²) in [7, 11) is 0. The molecule has 0 unspecified atom stereocenters.